The summed E-state index contributed by atoms with van der Waals surface area (Å²) in [5, 5.41) is 6.84. The minimum absolute atomic E-state index is 0. The highest BCUT2D eigenvalue weighted by atomic mass is 127. The normalized spacial score (nSPS) is 30.8. The molecule has 2 aliphatic heterocycles. The lowest BCUT2D eigenvalue weighted by molar-refractivity contribution is -0.127. The van der Waals surface area contributed by atoms with Crippen LogP contribution in [0, 0.1) is 0 Å². The van der Waals surface area contributed by atoms with Crippen LogP contribution in [0.15, 0.2) is 4.99 Å². The number of rotatable bonds is 4. The summed E-state index contributed by atoms with van der Waals surface area (Å²) in [6, 6.07) is 0.864. The summed E-state index contributed by atoms with van der Waals surface area (Å²) in [5.41, 5.74) is 0. The molecule has 3 aliphatic rings. The molecule has 2 saturated heterocycles. The topological polar surface area (TPSA) is 66.0 Å². The van der Waals surface area contributed by atoms with Crippen LogP contribution in [0.5, 0.6) is 0 Å². The van der Waals surface area contributed by atoms with Gasteiger partial charge in [0.15, 0.2) is 5.96 Å². The second kappa shape index (κ2) is 7.13. The van der Waals surface area contributed by atoms with E-state index in [0.29, 0.717) is 24.3 Å². The molecule has 3 fully saturated rings. The van der Waals surface area contributed by atoms with E-state index in [4.69, 9.17) is 4.74 Å². The van der Waals surface area contributed by atoms with Crippen LogP contribution in [0.3, 0.4) is 0 Å². The molecule has 0 aromatic rings. The van der Waals surface area contributed by atoms with Gasteiger partial charge in [-0.3, -0.25) is 4.79 Å². The molecule has 2 heterocycles. The molecule has 1 saturated carbocycles. The summed E-state index contributed by atoms with van der Waals surface area (Å²) in [7, 11) is 3.51. The van der Waals surface area contributed by atoms with E-state index in [1.807, 2.05) is 0 Å². The van der Waals surface area contributed by atoms with Crippen LogP contribution in [0.1, 0.15) is 32.1 Å². The largest absolute Gasteiger partial charge is 0.373 e. The van der Waals surface area contributed by atoms with Crippen molar-refractivity contribution in [3.8, 4) is 0 Å². The van der Waals surface area contributed by atoms with Crippen LogP contribution < -0.4 is 10.6 Å². The smallest absolute Gasteiger partial charge is 0.243 e. The Bertz CT molecular complexity index is 412. The van der Waals surface area contributed by atoms with E-state index >= 15 is 0 Å². The van der Waals surface area contributed by atoms with Gasteiger partial charge in [0.2, 0.25) is 5.91 Å². The molecule has 21 heavy (non-hydrogen) atoms. The van der Waals surface area contributed by atoms with Crippen molar-refractivity contribution in [1.82, 2.24) is 15.5 Å². The molecule has 7 heteroatoms. The number of amides is 1. The molecule has 1 aliphatic carbocycles. The first-order valence-electron chi connectivity index (χ1n) is 7.55. The minimum Gasteiger partial charge on any atom is -0.373 e. The van der Waals surface area contributed by atoms with Gasteiger partial charge in [-0.25, -0.2) is 4.99 Å². The van der Waals surface area contributed by atoms with Crippen molar-refractivity contribution >= 4 is 35.8 Å². The lowest BCUT2D eigenvalue weighted by atomic mass is 9.96. The van der Waals surface area contributed by atoms with Crippen molar-refractivity contribution < 1.29 is 9.53 Å². The van der Waals surface area contributed by atoms with Crippen molar-refractivity contribution in [2.75, 3.05) is 20.6 Å². The third-order valence-corrected chi connectivity index (χ3v) is 4.22. The molecule has 120 valence electrons. The highest BCUT2D eigenvalue weighted by molar-refractivity contribution is 14.0. The molecule has 0 radical (unpaired) electrons. The lowest BCUT2D eigenvalue weighted by Gasteiger charge is -2.23. The van der Waals surface area contributed by atoms with Crippen molar-refractivity contribution in [2.24, 2.45) is 4.99 Å². The van der Waals surface area contributed by atoms with Crippen LogP contribution in [-0.2, 0) is 9.53 Å². The first-order valence-corrected chi connectivity index (χ1v) is 7.55. The van der Waals surface area contributed by atoms with E-state index in [1.54, 1.807) is 19.0 Å². The highest BCUT2D eigenvalue weighted by Crippen LogP contribution is 2.34. The van der Waals surface area contributed by atoms with E-state index in [1.165, 1.54) is 19.3 Å². The average molecular weight is 408 g/mol. The first kappa shape index (κ1) is 16.8. The van der Waals surface area contributed by atoms with Crippen molar-refractivity contribution in [3.63, 3.8) is 0 Å². The Kier molecular flexibility index (Phi) is 5.70. The van der Waals surface area contributed by atoms with Gasteiger partial charge in [-0.15, -0.1) is 24.0 Å². The van der Waals surface area contributed by atoms with E-state index in [2.05, 4.69) is 15.6 Å². The van der Waals surface area contributed by atoms with Crippen LogP contribution in [0.2, 0.25) is 0 Å². The number of guanidine groups is 1. The number of fused-ring (bicyclic) bond motifs is 2. The van der Waals surface area contributed by atoms with Gasteiger partial charge in [0.25, 0.3) is 0 Å². The molecule has 0 spiro atoms. The second-order valence-electron chi connectivity index (χ2n) is 6.23. The summed E-state index contributed by atoms with van der Waals surface area (Å²) in [4.78, 5) is 17.6. The Morgan fingerprint density at radius 1 is 1.24 bits per heavy atom. The first-order chi connectivity index (χ1) is 9.61. The number of nitrogens with zero attached hydrogens (tertiary/aromatic N) is 2. The standard InChI is InChI=1S/C14H24N4O2.HI/c1-18(2)13(19)8-15-14(16-9-3-4-9)17-11-7-10-5-6-12(11)20-10;/h9-12H,3-8H2,1-2H3,(H2,15,16,17);1H. The van der Waals surface area contributed by atoms with Gasteiger partial charge < -0.3 is 20.3 Å². The molecule has 3 unspecified atom stereocenters. The van der Waals surface area contributed by atoms with E-state index in [9.17, 15) is 4.79 Å². The molecule has 6 nitrogen and oxygen atoms in total. The number of hydrogen-bond acceptors (Lipinski definition) is 3. The van der Waals surface area contributed by atoms with Crippen LogP contribution >= 0.6 is 24.0 Å². The Labute approximate surface area is 143 Å². The highest BCUT2D eigenvalue weighted by Gasteiger charge is 2.41. The third-order valence-electron chi connectivity index (χ3n) is 4.22. The predicted octanol–water partition coefficient (Wildman–Crippen LogP) is 0.710. The fourth-order valence-corrected chi connectivity index (χ4v) is 2.81. The summed E-state index contributed by atoms with van der Waals surface area (Å²) >= 11 is 0. The zero-order valence-electron chi connectivity index (χ0n) is 12.7. The monoisotopic (exact) mass is 408 g/mol. The fraction of sp³-hybridized carbons (Fsp3) is 0.857. The maximum Gasteiger partial charge on any atom is 0.243 e. The molecule has 3 atom stereocenters. The SMILES string of the molecule is CN(C)C(=O)CN=C(NC1CC1)NC1CC2CCC1O2.I. The quantitative estimate of drug-likeness (QED) is 0.409. The van der Waals surface area contributed by atoms with Crippen molar-refractivity contribution in [1.29, 1.82) is 0 Å². The second-order valence-corrected chi connectivity index (χ2v) is 6.23. The number of likely N-dealkylation sites (N-methyl/N-ethyl adjacent to an activating group) is 1. The predicted molar refractivity (Wildman–Crippen MR) is 92.0 cm³/mol. The number of aliphatic imine (C=N–C) groups is 1. The maximum absolute atomic E-state index is 11.7. The summed E-state index contributed by atoms with van der Waals surface area (Å²) < 4.78 is 5.85. The lowest BCUT2D eigenvalue weighted by Crippen LogP contribution is -2.48. The molecular formula is C14H25IN4O2. The van der Waals surface area contributed by atoms with Gasteiger partial charge in [-0.1, -0.05) is 0 Å². The molecule has 0 aromatic carbocycles. The van der Waals surface area contributed by atoms with E-state index < -0.39 is 0 Å². The zero-order valence-corrected chi connectivity index (χ0v) is 15.0. The van der Waals surface area contributed by atoms with Gasteiger partial charge in [-0.2, -0.15) is 0 Å². The molecule has 2 N–H and O–H groups in total. The number of nitrogens with one attached hydrogen (secondary N) is 2. The Morgan fingerprint density at radius 2 is 2.00 bits per heavy atom. The average Bonchev–Trinajstić information content (AvgIpc) is 2.98. The van der Waals surface area contributed by atoms with Gasteiger partial charge in [0, 0.05) is 20.1 Å². The van der Waals surface area contributed by atoms with Gasteiger partial charge >= 0.3 is 0 Å². The molecule has 2 bridgehead atoms. The number of carbonyl (C=O) groups excluding carboxylic acids is 1. The van der Waals surface area contributed by atoms with Gasteiger partial charge in [-0.05, 0) is 32.1 Å². The van der Waals surface area contributed by atoms with Gasteiger partial charge in [0.1, 0.15) is 6.54 Å². The molecule has 0 aromatic heterocycles. The van der Waals surface area contributed by atoms with E-state index in [-0.39, 0.29) is 36.4 Å². The Morgan fingerprint density at radius 3 is 2.52 bits per heavy atom. The maximum atomic E-state index is 11.7. The number of hydrogen-bond donors (Lipinski definition) is 2. The number of carbonyl (C=O) groups is 1. The van der Waals surface area contributed by atoms with Crippen LogP contribution in [0.25, 0.3) is 0 Å². The van der Waals surface area contributed by atoms with E-state index in [0.717, 1.165) is 18.8 Å². The Balaban J connectivity index is 0.00000161. The number of ether oxygens (including phenoxy) is 1. The zero-order chi connectivity index (χ0) is 14.1. The Hall–Kier alpha value is -0.570. The molecule has 1 amide bonds. The third kappa shape index (κ3) is 4.45. The summed E-state index contributed by atoms with van der Waals surface area (Å²) in [6.45, 7) is 0.191. The number of halogens is 1. The molecular weight excluding hydrogens is 383 g/mol. The van der Waals surface area contributed by atoms with Crippen LogP contribution in [0.4, 0.5) is 0 Å². The van der Waals surface area contributed by atoms with Crippen molar-refractivity contribution in [3.05, 3.63) is 0 Å². The van der Waals surface area contributed by atoms with Crippen LogP contribution in [-0.4, -0.2) is 61.7 Å². The fourth-order valence-electron chi connectivity index (χ4n) is 2.81. The summed E-state index contributed by atoms with van der Waals surface area (Å²) in [6.07, 6.45) is 6.49. The molecule has 3 rings (SSSR count). The van der Waals surface area contributed by atoms with Gasteiger partial charge in [0.05, 0.1) is 18.2 Å². The summed E-state index contributed by atoms with van der Waals surface area (Å²) in [5.74, 6) is 0.787. The minimum atomic E-state index is 0. The van der Waals surface area contributed by atoms with Crippen molar-refractivity contribution in [2.45, 2.75) is 56.4 Å².